The van der Waals surface area contributed by atoms with E-state index in [1.54, 1.807) is 0 Å². The molecule has 0 saturated heterocycles. The van der Waals surface area contributed by atoms with E-state index in [0.29, 0.717) is 25.6 Å². The van der Waals surface area contributed by atoms with Crippen LogP contribution in [-0.4, -0.2) is 30.8 Å². The lowest BCUT2D eigenvalue weighted by molar-refractivity contribution is 0.304. The van der Waals surface area contributed by atoms with E-state index in [-0.39, 0.29) is 36.3 Å². The van der Waals surface area contributed by atoms with Crippen molar-refractivity contribution >= 4 is 29.9 Å². The lowest BCUT2D eigenvalue weighted by atomic mass is 10.1. The summed E-state index contributed by atoms with van der Waals surface area (Å²) in [5.74, 6) is 0.130. The summed E-state index contributed by atoms with van der Waals surface area (Å²) in [6.45, 7) is 7.79. The van der Waals surface area contributed by atoms with Gasteiger partial charge < -0.3 is 19.9 Å². The molecule has 0 aliphatic carbocycles. The predicted molar refractivity (Wildman–Crippen MR) is 115 cm³/mol. The fourth-order valence-corrected chi connectivity index (χ4v) is 2.54. The number of aliphatic imine (C=N–C) groups is 1. The summed E-state index contributed by atoms with van der Waals surface area (Å²) in [5.41, 5.74) is 1.93. The molecule has 2 rings (SSSR count). The number of benzene rings is 1. The molecule has 0 saturated carbocycles. The average Bonchev–Trinajstić information content (AvgIpc) is 3.06. The Bertz CT molecular complexity index is 747. The monoisotopic (exact) mass is 508 g/mol. The zero-order valence-electron chi connectivity index (χ0n) is 16.3. The van der Waals surface area contributed by atoms with Gasteiger partial charge in [-0.2, -0.15) is 0 Å². The lowest BCUT2D eigenvalue weighted by Crippen LogP contribution is -2.39. The number of guanidine groups is 1. The Morgan fingerprint density at radius 2 is 1.96 bits per heavy atom. The maximum absolute atomic E-state index is 13.5. The number of aryl methyl sites for hydroxylation is 2. The minimum atomic E-state index is -0.720. The summed E-state index contributed by atoms with van der Waals surface area (Å²) in [7, 11) is 0. The van der Waals surface area contributed by atoms with Crippen molar-refractivity contribution in [3.63, 3.8) is 0 Å². The molecule has 0 unspecified atom stereocenters. The third kappa shape index (κ3) is 6.92. The molecule has 0 amide bonds. The number of hydrogen-bond donors (Lipinski definition) is 2. The van der Waals surface area contributed by atoms with Crippen LogP contribution in [-0.2, 0) is 19.4 Å². The Kier molecular flexibility index (Phi) is 10.8. The molecule has 0 aliphatic heterocycles. The van der Waals surface area contributed by atoms with Crippen LogP contribution in [0.25, 0.3) is 0 Å². The highest BCUT2D eigenvalue weighted by Gasteiger charge is 2.13. The smallest absolute Gasteiger partial charge is 0.191 e. The number of nitrogens with one attached hydrogen (secondary N) is 2. The molecular formula is C19H27F2IN4O2. The quantitative estimate of drug-likeness (QED) is 0.233. The van der Waals surface area contributed by atoms with Gasteiger partial charge in [-0.05, 0) is 25.5 Å². The van der Waals surface area contributed by atoms with Gasteiger partial charge in [0.1, 0.15) is 18.2 Å². The summed E-state index contributed by atoms with van der Waals surface area (Å²) in [5, 5.41) is 10.4. The first-order valence-corrected chi connectivity index (χ1v) is 9.15. The maximum atomic E-state index is 13.5. The summed E-state index contributed by atoms with van der Waals surface area (Å²) < 4.78 is 37.1. The SMILES string of the molecule is CCNC(=NCc1c(CC)noc1CC)NCCOc1ccc(F)cc1F.I. The Morgan fingerprint density at radius 1 is 1.18 bits per heavy atom. The molecule has 1 aromatic carbocycles. The van der Waals surface area contributed by atoms with Gasteiger partial charge in [-0.1, -0.05) is 19.0 Å². The molecule has 6 nitrogen and oxygen atoms in total. The predicted octanol–water partition coefficient (Wildman–Crippen LogP) is 3.83. The van der Waals surface area contributed by atoms with Crippen LogP contribution in [0.3, 0.4) is 0 Å². The van der Waals surface area contributed by atoms with Crippen molar-refractivity contribution in [2.45, 2.75) is 40.2 Å². The van der Waals surface area contributed by atoms with Crippen molar-refractivity contribution < 1.29 is 18.0 Å². The second-order valence-electron chi connectivity index (χ2n) is 5.78. The molecule has 0 bridgehead atoms. The van der Waals surface area contributed by atoms with Crippen LogP contribution in [0, 0.1) is 11.6 Å². The largest absolute Gasteiger partial charge is 0.489 e. The van der Waals surface area contributed by atoms with E-state index in [1.807, 2.05) is 20.8 Å². The van der Waals surface area contributed by atoms with Crippen molar-refractivity contribution in [3.8, 4) is 5.75 Å². The van der Waals surface area contributed by atoms with Gasteiger partial charge in [0.05, 0.1) is 18.8 Å². The first-order chi connectivity index (χ1) is 13.1. The summed E-state index contributed by atoms with van der Waals surface area (Å²) in [6.07, 6.45) is 1.55. The van der Waals surface area contributed by atoms with Gasteiger partial charge in [0.25, 0.3) is 0 Å². The molecule has 2 N–H and O–H groups in total. The van der Waals surface area contributed by atoms with Gasteiger partial charge in [0.2, 0.25) is 0 Å². The second kappa shape index (κ2) is 12.5. The zero-order valence-corrected chi connectivity index (χ0v) is 18.7. The van der Waals surface area contributed by atoms with Crippen molar-refractivity contribution in [3.05, 3.63) is 46.9 Å². The third-order valence-electron chi connectivity index (χ3n) is 3.89. The van der Waals surface area contributed by atoms with Gasteiger partial charge in [-0.25, -0.2) is 13.8 Å². The molecular weight excluding hydrogens is 481 g/mol. The molecule has 28 heavy (non-hydrogen) atoms. The average molecular weight is 508 g/mol. The topological polar surface area (TPSA) is 71.7 Å². The molecule has 0 radical (unpaired) electrons. The molecule has 1 heterocycles. The van der Waals surface area contributed by atoms with E-state index in [1.165, 1.54) is 6.07 Å². The first-order valence-electron chi connectivity index (χ1n) is 9.15. The van der Waals surface area contributed by atoms with Crippen molar-refractivity contribution in [1.29, 1.82) is 0 Å². The lowest BCUT2D eigenvalue weighted by Gasteiger charge is -2.12. The minimum Gasteiger partial charge on any atom is -0.489 e. The van der Waals surface area contributed by atoms with Crippen LogP contribution in [0.4, 0.5) is 8.78 Å². The second-order valence-corrected chi connectivity index (χ2v) is 5.78. The number of halogens is 3. The Labute approximate surface area is 181 Å². The number of rotatable bonds is 9. The molecule has 156 valence electrons. The highest BCUT2D eigenvalue weighted by atomic mass is 127. The molecule has 0 atom stereocenters. The van der Waals surface area contributed by atoms with Crippen LogP contribution in [0.15, 0.2) is 27.7 Å². The van der Waals surface area contributed by atoms with Gasteiger partial charge in [0.15, 0.2) is 17.5 Å². The van der Waals surface area contributed by atoms with E-state index in [4.69, 9.17) is 9.26 Å². The molecule has 2 aromatic rings. The standard InChI is InChI=1S/C19H26F2N4O2.HI/c1-4-16-14(17(5-2)27-25-16)12-24-19(22-6-3)23-9-10-26-18-8-7-13(20)11-15(18)21;/h7-8,11H,4-6,9-10,12H2,1-3H3,(H2,22,23,24);1H. The number of nitrogens with zero attached hydrogens (tertiary/aromatic N) is 2. The zero-order chi connectivity index (χ0) is 19.6. The Morgan fingerprint density at radius 3 is 2.61 bits per heavy atom. The fraction of sp³-hybridized carbons (Fsp3) is 0.474. The summed E-state index contributed by atoms with van der Waals surface area (Å²) >= 11 is 0. The molecule has 0 spiro atoms. The third-order valence-corrected chi connectivity index (χ3v) is 3.89. The van der Waals surface area contributed by atoms with E-state index in [0.717, 1.165) is 42.0 Å². The van der Waals surface area contributed by atoms with Crippen LogP contribution in [0.5, 0.6) is 5.75 Å². The molecule has 0 fully saturated rings. The minimum absolute atomic E-state index is 0. The first kappa shape index (κ1) is 24.1. The van der Waals surface area contributed by atoms with Gasteiger partial charge >= 0.3 is 0 Å². The van der Waals surface area contributed by atoms with Crippen molar-refractivity contribution in [2.24, 2.45) is 4.99 Å². The van der Waals surface area contributed by atoms with Crippen LogP contribution < -0.4 is 15.4 Å². The Balaban J connectivity index is 0.00000392. The molecule has 0 aliphatic rings. The maximum Gasteiger partial charge on any atom is 0.191 e. The number of aromatic nitrogens is 1. The van der Waals surface area contributed by atoms with Crippen LogP contribution >= 0.6 is 24.0 Å². The van der Waals surface area contributed by atoms with E-state index in [2.05, 4.69) is 20.8 Å². The molecule has 1 aromatic heterocycles. The van der Waals surface area contributed by atoms with Crippen molar-refractivity contribution in [2.75, 3.05) is 19.7 Å². The van der Waals surface area contributed by atoms with E-state index < -0.39 is 11.6 Å². The summed E-state index contributed by atoms with van der Waals surface area (Å²) in [4.78, 5) is 4.56. The van der Waals surface area contributed by atoms with E-state index in [9.17, 15) is 8.78 Å². The highest BCUT2D eigenvalue weighted by molar-refractivity contribution is 14.0. The normalized spacial score (nSPS) is 11.1. The summed E-state index contributed by atoms with van der Waals surface area (Å²) in [6, 6.07) is 3.23. The van der Waals surface area contributed by atoms with Crippen molar-refractivity contribution in [1.82, 2.24) is 15.8 Å². The van der Waals surface area contributed by atoms with Gasteiger partial charge in [-0.15, -0.1) is 24.0 Å². The fourth-order valence-electron chi connectivity index (χ4n) is 2.54. The van der Waals surface area contributed by atoms with Gasteiger partial charge in [0, 0.05) is 24.6 Å². The number of hydrogen-bond acceptors (Lipinski definition) is 4. The van der Waals surface area contributed by atoms with Gasteiger partial charge in [-0.3, -0.25) is 0 Å². The van der Waals surface area contributed by atoms with Crippen LogP contribution in [0.1, 0.15) is 37.8 Å². The van der Waals surface area contributed by atoms with Crippen LogP contribution in [0.2, 0.25) is 0 Å². The Hall–Kier alpha value is -1.91. The van der Waals surface area contributed by atoms with E-state index >= 15 is 0 Å². The molecule has 9 heteroatoms. The number of ether oxygens (including phenoxy) is 1. The highest BCUT2D eigenvalue weighted by Crippen LogP contribution is 2.18.